The molecule has 2 amide bonds. The predicted octanol–water partition coefficient (Wildman–Crippen LogP) is 3.56. The quantitative estimate of drug-likeness (QED) is 0.855. The molecular weight excluding hydrogens is 352 g/mol. The molecule has 1 N–H and O–H groups in total. The fraction of sp³-hybridized carbons (Fsp3) is 0.600. The van der Waals surface area contributed by atoms with Crippen LogP contribution in [0.1, 0.15) is 51.6 Å². The van der Waals surface area contributed by atoms with Gasteiger partial charge < -0.3 is 15.0 Å². The summed E-state index contributed by atoms with van der Waals surface area (Å²) >= 11 is 6.21. The monoisotopic (exact) mass is 378 g/mol. The van der Waals surface area contributed by atoms with E-state index >= 15 is 0 Å². The molecule has 1 saturated heterocycles. The second kappa shape index (κ2) is 7.47. The summed E-state index contributed by atoms with van der Waals surface area (Å²) in [5, 5.41) is 3.73. The Kier molecular flexibility index (Phi) is 5.47. The van der Waals surface area contributed by atoms with E-state index in [1.165, 1.54) is 0 Å². The van der Waals surface area contributed by atoms with E-state index in [0.29, 0.717) is 23.9 Å². The van der Waals surface area contributed by atoms with E-state index in [0.717, 1.165) is 31.4 Å². The first-order valence-electron chi connectivity index (χ1n) is 9.28. The molecule has 0 aromatic heterocycles. The van der Waals surface area contributed by atoms with Crippen LogP contribution in [0.2, 0.25) is 5.02 Å². The van der Waals surface area contributed by atoms with Gasteiger partial charge in [-0.1, -0.05) is 44.5 Å². The maximum absolute atomic E-state index is 12.9. The summed E-state index contributed by atoms with van der Waals surface area (Å²) in [6.45, 7) is 7.51. The number of hydrogen-bond donors (Lipinski definition) is 1. The van der Waals surface area contributed by atoms with Crippen molar-refractivity contribution in [2.45, 2.75) is 46.1 Å². The Labute approximate surface area is 160 Å². The molecule has 26 heavy (non-hydrogen) atoms. The lowest BCUT2D eigenvalue weighted by atomic mass is 9.90. The topological polar surface area (TPSA) is 58.6 Å². The van der Waals surface area contributed by atoms with E-state index in [9.17, 15) is 9.59 Å². The molecule has 0 aliphatic carbocycles. The van der Waals surface area contributed by atoms with Gasteiger partial charge >= 0.3 is 0 Å². The molecule has 0 spiro atoms. The van der Waals surface area contributed by atoms with Gasteiger partial charge in [0.15, 0.2) is 0 Å². The third-order valence-corrected chi connectivity index (χ3v) is 5.36. The predicted molar refractivity (Wildman–Crippen MR) is 101 cm³/mol. The minimum absolute atomic E-state index is 0.00855. The van der Waals surface area contributed by atoms with Crippen LogP contribution in [0.4, 0.5) is 0 Å². The number of benzene rings is 1. The van der Waals surface area contributed by atoms with Gasteiger partial charge in [-0.3, -0.25) is 9.59 Å². The van der Waals surface area contributed by atoms with Gasteiger partial charge in [-0.15, -0.1) is 0 Å². The Morgan fingerprint density at radius 1 is 1.27 bits per heavy atom. The highest BCUT2D eigenvalue weighted by atomic mass is 35.5. The number of fused-ring (bicyclic) bond motifs is 1. The molecule has 2 heterocycles. The van der Waals surface area contributed by atoms with E-state index in [2.05, 4.69) is 5.32 Å². The van der Waals surface area contributed by atoms with E-state index in [1.807, 2.05) is 37.8 Å². The first-order chi connectivity index (χ1) is 12.3. The Bertz CT molecular complexity index is 699. The minimum atomic E-state index is -0.422. The first-order valence-corrected chi connectivity index (χ1v) is 9.66. The number of hydrogen-bond acceptors (Lipinski definition) is 3. The Morgan fingerprint density at radius 2 is 2.04 bits per heavy atom. The van der Waals surface area contributed by atoms with Crippen LogP contribution in [0.3, 0.4) is 0 Å². The van der Waals surface area contributed by atoms with Crippen LogP contribution in [0.5, 0.6) is 5.75 Å². The number of nitrogens with one attached hydrogen (secondary N) is 1. The molecule has 5 nitrogen and oxygen atoms in total. The van der Waals surface area contributed by atoms with Gasteiger partial charge in [-0.25, -0.2) is 0 Å². The van der Waals surface area contributed by atoms with Crippen LogP contribution in [-0.2, 0) is 9.59 Å². The van der Waals surface area contributed by atoms with Crippen molar-refractivity contribution in [2.24, 2.45) is 11.3 Å². The van der Waals surface area contributed by atoms with Crippen molar-refractivity contribution in [2.75, 3.05) is 19.7 Å². The lowest BCUT2D eigenvalue weighted by Crippen LogP contribution is -2.49. The van der Waals surface area contributed by atoms with Gasteiger partial charge in [-0.05, 0) is 18.9 Å². The molecule has 2 aliphatic rings. The molecular formula is C20H27ClN2O3. The number of amides is 2. The number of piperidine rings is 1. The average molecular weight is 379 g/mol. The van der Waals surface area contributed by atoms with E-state index in [-0.39, 0.29) is 23.8 Å². The van der Waals surface area contributed by atoms with E-state index in [1.54, 1.807) is 6.07 Å². The zero-order chi connectivity index (χ0) is 18.9. The third-order valence-electron chi connectivity index (χ3n) is 5.06. The van der Waals surface area contributed by atoms with Gasteiger partial charge in [-0.2, -0.15) is 0 Å². The molecule has 0 bridgehead atoms. The molecule has 3 rings (SSSR count). The maximum Gasteiger partial charge on any atom is 0.227 e. The van der Waals surface area contributed by atoms with Crippen molar-refractivity contribution < 1.29 is 14.3 Å². The zero-order valence-electron chi connectivity index (χ0n) is 15.7. The number of ether oxygens (including phenoxy) is 1. The fourth-order valence-corrected chi connectivity index (χ4v) is 3.91. The summed E-state index contributed by atoms with van der Waals surface area (Å²) in [6, 6.07) is 5.52. The molecule has 0 radical (unpaired) electrons. The number of carbonyl (C=O) groups is 2. The SMILES string of the molecule is CC(C)(C)C(=O)N1CCC[C@@H](C(=O)N[C@@H]2CCOc3c(Cl)cccc32)C1. The lowest BCUT2D eigenvalue weighted by Gasteiger charge is -2.36. The summed E-state index contributed by atoms with van der Waals surface area (Å²) < 4.78 is 5.66. The smallest absolute Gasteiger partial charge is 0.227 e. The number of halogens is 1. The standard InChI is InChI=1S/C20H27ClN2O3/c1-20(2,3)19(25)23-10-5-6-13(12-23)18(24)22-16-9-11-26-17-14(16)7-4-8-15(17)21/h4,7-8,13,16H,5-6,9-12H2,1-3H3,(H,22,24)/t13-,16-/m1/s1. The van der Waals surface area contributed by atoms with Crippen molar-refractivity contribution in [3.8, 4) is 5.75 Å². The fourth-order valence-electron chi connectivity index (χ4n) is 3.68. The van der Waals surface area contributed by atoms with Crippen LogP contribution in [0.15, 0.2) is 18.2 Å². The molecule has 1 aromatic rings. The molecule has 2 atom stereocenters. The highest BCUT2D eigenvalue weighted by Gasteiger charge is 2.34. The van der Waals surface area contributed by atoms with Gasteiger partial charge in [0, 0.05) is 30.5 Å². The highest BCUT2D eigenvalue weighted by molar-refractivity contribution is 6.32. The summed E-state index contributed by atoms with van der Waals surface area (Å²) in [5.74, 6) is 0.617. The molecule has 0 saturated carbocycles. The average Bonchev–Trinajstić information content (AvgIpc) is 2.61. The van der Waals surface area contributed by atoms with Crippen LogP contribution in [0.25, 0.3) is 0 Å². The molecule has 1 aromatic carbocycles. The van der Waals surface area contributed by atoms with Crippen molar-refractivity contribution in [3.63, 3.8) is 0 Å². The van der Waals surface area contributed by atoms with Crippen LogP contribution >= 0.6 is 11.6 Å². The largest absolute Gasteiger partial charge is 0.492 e. The molecule has 2 aliphatic heterocycles. The summed E-state index contributed by atoms with van der Waals surface area (Å²) in [6.07, 6.45) is 2.39. The van der Waals surface area contributed by atoms with Crippen molar-refractivity contribution in [1.82, 2.24) is 10.2 Å². The zero-order valence-corrected chi connectivity index (χ0v) is 16.4. The van der Waals surface area contributed by atoms with E-state index < -0.39 is 5.41 Å². The van der Waals surface area contributed by atoms with Crippen LogP contribution in [0, 0.1) is 11.3 Å². The highest BCUT2D eigenvalue weighted by Crippen LogP contribution is 2.37. The molecule has 0 unspecified atom stereocenters. The molecule has 142 valence electrons. The summed E-state index contributed by atoms with van der Waals surface area (Å²) in [5.41, 5.74) is 0.505. The van der Waals surface area contributed by atoms with Crippen LogP contribution in [-0.4, -0.2) is 36.4 Å². The van der Waals surface area contributed by atoms with Gasteiger partial charge in [0.05, 0.1) is 23.6 Å². The van der Waals surface area contributed by atoms with Crippen molar-refractivity contribution in [3.05, 3.63) is 28.8 Å². The Balaban J connectivity index is 1.68. The van der Waals surface area contributed by atoms with Crippen LogP contribution < -0.4 is 10.1 Å². The van der Waals surface area contributed by atoms with E-state index in [4.69, 9.17) is 16.3 Å². The number of carbonyl (C=O) groups excluding carboxylic acids is 2. The minimum Gasteiger partial charge on any atom is -0.492 e. The molecule has 6 heteroatoms. The first kappa shape index (κ1) is 19.0. The Morgan fingerprint density at radius 3 is 2.77 bits per heavy atom. The summed E-state index contributed by atoms with van der Waals surface area (Å²) in [7, 11) is 0. The van der Waals surface area contributed by atoms with Crippen molar-refractivity contribution in [1.29, 1.82) is 0 Å². The normalized spacial score (nSPS) is 23.0. The number of rotatable bonds is 2. The third kappa shape index (κ3) is 3.98. The van der Waals surface area contributed by atoms with Gasteiger partial charge in [0.1, 0.15) is 5.75 Å². The maximum atomic E-state index is 12.9. The number of nitrogens with zero attached hydrogens (tertiary/aromatic N) is 1. The Hall–Kier alpha value is -1.75. The number of likely N-dealkylation sites (tertiary alicyclic amines) is 1. The molecule has 1 fully saturated rings. The van der Waals surface area contributed by atoms with Crippen molar-refractivity contribution >= 4 is 23.4 Å². The summed E-state index contributed by atoms with van der Waals surface area (Å²) in [4.78, 5) is 27.2. The number of para-hydroxylation sites is 1. The second-order valence-electron chi connectivity index (χ2n) is 8.20. The van der Waals surface area contributed by atoms with Gasteiger partial charge in [0.2, 0.25) is 11.8 Å². The second-order valence-corrected chi connectivity index (χ2v) is 8.60. The lowest BCUT2D eigenvalue weighted by molar-refractivity contribution is -0.143. The van der Waals surface area contributed by atoms with Gasteiger partial charge in [0.25, 0.3) is 0 Å².